The molecule has 0 bridgehead atoms. The van der Waals surface area contributed by atoms with Crippen molar-refractivity contribution in [2.75, 3.05) is 13.2 Å². The van der Waals surface area contributed by atoms with Gasteiger partial charge in [-0.3, -0.25) is 19.0 Å². The summed E-state index contributed by atoms with van der Waals surface area (Å²) in [6.45, 7) is 1.87. The second kappa shape index (κ2) is 9.56. The number of nitrogens with one attached hydrogen (secondary N) is 1. The van der Waals surface area contributed by atoms with Gasteiger partial charge in [0, 0.05) is 7.05 Å². The van der Waals surface area contributed by atoms with Gasteiger partial charge < -0.3 is 15.2 Å². The third-order valence-electron chi connectivity index (χ3n) is 5.20. The second-order valence-corrected chi connectivity index (χ2v) is 7.39. The molecular weight excluding hydrogens is 386 g/mol. The van der Waals surface area contributed by atoms with E-state index in [0.29, 0.717) is 11.0 Å². The van der Waals surface area contributed by atoms with Crippen LogP contribution in [0.1, 0.15) is 61.5 Å². The van der Waals surface area contributed by atoms with E-state index in [1.165, 1.54) is 11.6 Å². The number of allylic oxidation sites excluding steroid dienone is 2. The zero-order valence-electron chi connectivity index (χ0n) is 17.4. The molecule has 3 rings (SSSR count). The number of rotatable bonds is 7. The van der Waals surface area contributed by atoms with Gasteiger partial charge in [-0.05, 0) is 49.8 Å². The smallest absolute Gasteiger partial charge is 0.325 e. The summed E-state index contributed by atoms with van der Waals surface area (Å²) < 4.78 is 6.23. The Bertz CT molecular complexity index is 1050. The summed E-state index contributed by atoms with van der Waals surface area (Å²) in [6, 6.07) is 3.45. The van der Waals surface area contributed by atoms with Gasteiger partial charge in [-0.15, -0.1) is 0 Å². The first-order valence-electron chi connectivity index (χ1n) is 10.3. The SMILES string of the molecule is CCCCOC(=O)CNC(=O)c1c(O)c2ccc(C3=CCCCC3)nc2n(C)c1=O. The van der Waals surface area contributed by atoms with Crippen molar-refractivity contribution in [2.45, 2.75) is 45.4 Å². The number of hydrogen-bond donors (Lipinski definition) is 2. The molecule has 0 saturated carbocycles. The number of pyridine rings is 2. The average molecular weight is 413 g/mol. The Morgan fingerprint density at radius 1 is 1.30 bits per heavy atom. The van der Waals surface area contributed by atoms with Crippen molar-refractivity contribution >= 4 is 28.5 Å². The Hall–Kier alpha value is -3.16. The van der Waals surface area contributed by atoms with Crippen LogP contribution >= 0.6 is 0 Å². The third-order valence-corrected chi connectivity index (χ3v) is 5.20. The van der Waals surface area contributed by atoms with E-state index in [1.54, 1.807) is 12.1 Å². The lowest BCUT2D eigenvalue weighted by Crippen LogP contribution is -2.36. The molecule has 8 heteroatoms. The Balaban J connectivity index is 1.87. The van der Waals surface area contributed by atoms with Crippen molar-refractivity contribution in [2.24, 2.45) is 7.05 Å². The lowest BCUT2D eigenvalue weighted by molar-refractivity contribution is -0.142. The summed E-state index contributed by atoms with van der Waals surface area (Å²) in [7, 11) is 1.51. The molecule has 0 aliphatic heterocycles. The fourth-order valence-corrected chi connectivity index (χ4v) is 3.47. The second-order valence-electron chi connectivity index (χ2n) is 7.39. The van der Waals surface area contributed by atoms with E-state index in [4.69, 9.17) is 4.74 Å². The van der Waals surface area contributed by atoms with Crippen molar-refractivity contribution in [3.8, 4) is 5.75 Å². The van der Waals surface area contributed by atoms with E-state index in [9.17, 15) is 19.5 Å². The van der Waals surface area contributed by atoms with Crippen molar-refractivity contribution in [1.29, 1.82) is 0 Å². The molecule has 2 heterocycles. The lowest BCUT2D eigenvalue weighted by Gasteiger charge is -2.15. The molecule has 0 atom stereocenters. The van der Waals surface area contributed by atoms with Crippen LogP contribution in [0.3, 0.4) is 0 Å². The third kappa shape index (κ3) is 4.53. The van der Waals surface area contributed by atoms with Gasteiger partial charge in [0.1, 0.15) is 23.5 Å². The van der Waals surface area contributed by atoms with Crippen molar-refractivity contribution < 1.29 is 19.4 Å². The molecule has 0 spiro atoms. The summed E-state index contributed by atoms with van der Waals surface area (Å²) in [4.78, 5) is 41.5. The molecule has 0 radical (unpaired) electrons. The van der Waals surface area contributed by atoms with Crippen LogP contribution in [0.4, 0.5) is 0 Å². The summed E-state index contributed by atoms with van der Waals surface area (Å²) in [5, 5.41) is 13.3. The fraction of sp³-hybridized carbons (Fsp3) is 0.455. The predicted octanol–water partition coefficient (Wildman–Crippen LogP) is 2.67. The summed E-state index contributed by atoms with van der Waals surface area (Å²) in [5.41, 5.74) is 1.09. The van der Waals surface area contributed by atoms with Crippen LogP contribution in [-0.4, -0.2) is 39.7 Å². The molecule has 1 amide bonds. The standard InChI is InChI=1S/C22H27N3O5/c1-3-4-12-30-17(26)13-23-21(28)18-19(27)15-10-11-16(14-8-6-5-7-9-14)24-20(15)25(2)22(18)29/h8,10-11,27H,3-7,9,12-13H2,1-2H3,(H,23,28). The summed E-state index contributed by atoms with van der Waals surface area (Å²) in [6.07, 6.45) is 7.94. The molecule has 2 N–H and O–H groups in total. The van der Waals surface area contributed by atoms with Gasteiger partial charge in [0.2, 0.25) is 0 Å². The van der Waals surface area contributed by atoms with Crippen molar-refractivity contribution in [3.05, 3.63) is 39.8 Å². The fourth-order valence-electron chi connectivity index (χ4n) is 3.47. The van der Waals surface area contributed by atoms with E-state index < -0.39 is 28.7 Å². The molecule has 2 aromatic heterocycles. The maximum absolute atomic E-state index is 12.8. The number of aromatic hydroxyl groups is 1. The lowest BCUT2D eigenvalue weighted by atomic mass is 9.96. The molecule has 1 aliphatic carbocycles. The first-order valence-corrected chi connectivity index (χ1v) is 10.3. The minimum absolute atomic E-state index is 0.276. The molecular formula is C22H27N3O5. The first kappa shape index (κ1) is 21.5. The van der Waals surface area contributed by atoms with Gasteiger partial charge in [-0.2, -0.15) is 0 Å². The van der Waals surface area contributed by atoms with Crippen LogP contribution in [0.15, 0.2) is 23.0 Å². The van der Waals surface area contributed by atoms with Crippen LogP contribution in [0, 0.1) is 0 Å². The maximum Gasteiger partial charge on any atom is 0.325 e. The number of esters is 1. The Kier molecular flexibility index (Phi) is 6.87. The summed E-state index contributed by atoms with van der Waals surface area (Å²) in [5.74, 6) is -1.87. The molecule has 160 valence electrons. The largest absolute Gasteiger partial charge is 0.506 e. The van der Waals surface area contributed by atoms with Gasteiger partial charge in [0.05, 0.1) is 17.7 Å². The van der Waals surface area contributed by atoms with Crippen LogP contribution in [0.2, 0.25) is 0 Å². The van der Waals surface area contributed by atoms with Crippen LogP contribution in [0.5, 0.6) is 5.75 Å². The van der Waals surface area contributed by atoms with E-state index in [0.717, 1.165) is 49.8 Å². The quantitative estimate of drug-likeness (QED) is 0.533. The zero-order chi connectivity index (χ0) is 21.7. The average Bonchev–Trinajstić information content (AvgIpc) is 2.76. The highest BCUT2D eigenvalue weighted by Gasteiger charge is 2.23. The van der Waals surface area contributed by atoms with Crippen LogP contribution in [0.25, 0.3) is 16.6 Å². The van der Waals surface area contributed by atoms with Gasteiger partial charge in [-0.1, -0.05) is 19.4 Å². The van der Waals surface area contributed by atoms with Crippen molar-refractivity contribution in [3.63, 3.8) is 0 Å². The van der Waals surface area contributed by atoms with Gasteiger partial charge >= 0.3 is 5.97 Å². The van der Waals surface area contributed by atoms with E-state index in [1.807, 2.05) is 6.92 Å². The topological polar surface area (TPSA) is 111 Å². The van der Waals surface area contributed by atoms with E-state index >= 15 is 0 Å². The molecule has 1 aliphatic rings. The number of aromatic nitrogens is 2. The van der Waals surface area contributed by atoms with Crippen LogP contribution < -0.4 is 10.9 Å². The highest BCUT2D eigenvalue weighted by molar-refractivity contribution is 6.02. The summed E-state index contributed by atoms with van der Waals surface area (Å²) >= 11 is 0. The monoisotopic (exact) mass is 413 g/mol. The van der Waals surface area contributed by atoms with Gasteiger partial charge in [-0.25, -0.2) is 4.98 Å². The minimum Gasteiger partial charge on any atom is -0.506 e. The molecule has 0 unspecified atom stereocenters. The number of nitrogens with zero attached hydrogens (tertiary/aromatic N) is 2. The molecule has 30 heavy (non-hydrogen) atoms. The van der Waals surface area contributed by atoms with Crippen LogP contribution in [-0.2, 0) is 16.6 Å². The number of ether oxygens (including phenoxy) is 1. The Morgan fingerprint density at radius 2 is 2.10 bits per heavy atom. The van der Waals surface area contributed by atoms with E-state index in [-0.39, 0.29) is 13.2 Å². The molecule has 8 nitrogen and oxygen atoms in total. The number of carbonyl (C=O) groups is 2. The Labute approximate surface area is 174 Å². The van der Waals surface area contributed by atoms with E-state index in [2.05, 4.69) is 16.4 Å². The highest BCUT2D eigenvalue weighted by atomic mass is 16.5. The number of aryl methyl sites for hydroxylation is 1. The first-order chi connectivity index (χ1) is 14.4. The Morgan fingerprint density at radius 3 is 2.80 bits per heavy atom. The zero-order valence-corrected chi connectivity index (χ0v) is 17.4. The predicted molar refractivity (Wildman–Crippen MR) is 113 cm³/mol. The van der Waals surface area contributed by atoms with Gasteiger partial charge in [0.15, 0.2) is 0 Å². The number of fused-ring (bicyclic) bond motifs is 1. The van der Waals surface area contributed by atoms with Crippen molar-refractivity contribution in [1.82, 2.24) is 14.9 Å². The molecule has 0 aromatic carbocycles. The number of carbonyl (C=O) groups excluding carboxylic acids is 2. The molecule has 0 saturated heterocycles. The molecule has 0 fully saturated rings. The highest BCUT2D eigenvalue weighted by Crippen LogP contribution is 2.30. The maximum atomic E-state index is 12.8. The normalized spacial score (nSPS) is 13.7. The number of amides is 1. The van der Waals surface area contributed by atoms with Gasteiger partial charge in [0.25, 0.3) is 11.5 Å². The minimum atomic E-state index is -0.832. The number of unbranched alkanes of at least 4 members (excludes halogenated alkanes) is 1. The number of hydrogen-bond acceptors (Lipinski definition) is 6. The molecule has 2 aromatic rings.